The molecule has 7 nitrogen and oxygen atoms in total. The van der Waals surface area contributed by atoms with Crippen LogP contribution < -0.4 is 0 Å². The molecule has 0 radical (unpaired) electrons. The number of aliphatic carboxylic acids is 1. The van der Waals surface area contributed by atoms with Crippen molar-refractivity contribution in [2.75, 3.05) is 0 Å². The summed E-state index contributed by atoms with van der Waals surface area (Å²) in [6, 6.07) is 9.26. The van der Waals surface area contributed by atoms with Gasteiger partial charge < -0.3 is 5.11 Å². The second kappa shape index (κ2) is 7.18. The van der Waals surface area contributed by atoms with E-state index in [0.717, 1.165) is 33.6 Å². The van der Waals surface area contributed by atoms with Gasteiger partial charge >= 0.3 is 5.97 Å². The number of benzene rings is 2. The Morgan fingerprint density at radius 3 is 1.97 bits per heavy atom. The maximum Gasteiger partial charge on any atom is 0.347 e. The number of hydrogen-bond acceptors (Lipinski definition) is 6. The van der Waals surface area contributed by atoms with E-state index in [-0.39, 0.29) is 17.4 Å². The monoisotopic (exact) mass is 441 g/mol. The Morgan fingerprint density at radius 1 is 0.938 bits per heavy atom. The van der Waals surface area contributed by atoms with E-state index >= 15 is 0 Å². The molecule has 1 N–H and O–H groups in total. The van der Waals surface area contributed by atoms with Crippen LogP contribution in [0.1, 0.15) is 61.9 Å². The number of carbonyl (C=O) groups is 1. The number of hydrogen-bond donors (Lipinski definition) is 1. The van der Waals surface area contributed by atoms with E-state index in [4.69, 9.17) is 9.97 Å². The zero-order valence-electron chi connectivity index (χ0n) is 18.0. The van der Waals surface area contributed by atoms with Crippen LogP contribution in [0, 0.1) is 11.3 Å². The molecule has 3 aromatic rings. The lowest BCUT2D eigenvalue weighted by Crippen LogP contribution is -2.06. The standard InChI is InChI=1S/C24H19N5O2S/c1-10(2)15-19-20(16(11(3)4)23-22(15)28-32-29-23)27-21-17(14(9-25)24(30)31)12-7-5-6-8-13(12)18(21)26-19/h5-8,10-11H,1-4H3,(H,30,31)/b17-14+. The van der Waals surface area contributed by atoms with Crippen LogP contribution in [0.25, 0.3) is 27.9 Å². The van der Waals surface area contributed by atoms with E-state index in [1.807, 2.05) is 30.3 Å². The molecule has 0 saturated carbocycles. The fourth-order valence-corrected chi connectivity index (χ4v) is 5.11. The Bertz CT molecular complexity index is 1510. The first-order valence-electron chi connectivity index (χ1n) is 10.3. The summed E-state index contributed by atoms with van der Waals surface area (Å²) in [5.74, 6) is -1.04. The molecule has 158 valence electrons. The molecule has 2 heterocycles. The molecule has 8 heteroatoms. The van der Waals surface area contributed by atoms with Crippen molar-refractivity contribution in [2.45, 2.75) is 39.5 Å². The molecule has 0 amide bonds. The van der Waals surface area contributed by atoms with Crippen LogP contribution >= 0.6 is 0 Å². The lowest BCUT2D eigenvalue weighted by atomic mass is 9.90. The lowest BCUT2D eigenvalue weighted by molar-refractivity contribution is -0.132. The van der Waals surface area contributed by atoms with Gasteiger partial charge in [0.25, 0.3) is 0 Å². The minimum Gasteiger partial charge on any atom is -0.477 e. The van der Waals surface area contributed by atoms with Crippen molar-refractivity contribution in [2.24, 2.45) is 8.73 Å². The number of nitriles is 1. The van der Waals surface area contributed by atoms with E-state index in [0.29, 0.717) is 28.0 Å². The van der Waals surface area contributed by atoms with Crippen molar-refractivity contribution in [1.82, 2.24) is 9.97 Å². The van der Waals surface area contributed by atoms with Gasteiger partial charge in [-0.25, -0.2) is 14.8 Å². The summed E-state index contributed by atoms with van der Waals surface area (Å²) in [5.41, 5.74) is 7.47. The van der Waals surface area contributed by atoms with Crippen molar-refractivity contribution in [1.29, 1.82) is 5.26 Å². The Morgan fingerprint density at radius 2 is 1.47 bits per heavy atom. The highest BCUT2D eigenvalue weighted by atomic mass is 32.1. The van der Waals surface area contributed by atoms with Gasteiger partial charge in [-0.05, 0) is 17.4 Å². The SMILES string of the molecule is CC(C)c1c2c(c(C(C)C)c3nc4c(nc13)/C(=C(\C#N)C(=O)O)c1ccccc1-4)N=S=N2. The maximum absolute atomic E-state index is 11.9. The van der Waals surface area contributed by atoms with Gasteiger partial charge in [-0.2, -0.15) is 14.0 Å². The summed E-state index contributed by atoms with van der Waals surface area (Å²) >= 11 is 1.17. The molecular weight excluding hydrogens is 422 g/mol. The second-order valence-electron chi connectivity index (χ2n) is 8.43. The number of carboxylic acids is 1. The van der Waals surface area contributed by atoms with E-state index < -0.39 is 5.97 Å². The number of nitrogens with zero attached hydrogens (tertiary/aromatic N) is 5. The van der Waals surface area contributed by atoms with Gasteiger partial charge in [-0.3, -0.25) is 0 Å². The van der Waals surface area contributed by atoms with Gasteiger partial charge in [0.15, 0.2) is 0 Å². The van der Waals surface area contributed by atoms with Gasteiger partial charge in [0.1, 0.15) is 23.0 Å². The van der Waals surface area contributed by atoms with E-state index in [2.05, 4.69) is 36.4 Å². The third-order valence-corrected chi connectivity index (χ3v) is 6.35. The molecule has 5 rings (SSSR count). The average Bonchev–Trinajstić information content (AvgIpc) is 3.33. The molecule has 2 aromatic carbocycles. The number of rotatable bonds is 3. The summed E-state index contributed by atoms with van der Waals surface area (Å²) in [4.78, 5) is 22.0. The van der Waals surface area contributed by atoms with Crippen molar-refractivity contribution < 1.29 is 9.90 Å². The second-order valence-corrected chi connectivity index (χ2v) is 8.96. The average molecular weight is 442 g/mol. The Labute approximate surface area is 188 Å². The lowest BCUT2D eigenvalue weighted by Gasteiger charge is -2.19. The summed E-state index contributed by atoms with van der Waals surface area (Å²) in [6.07, 6.45) is 0. The van der Waals surface area contributed by atoms with Gasteiger partial charge in [0.2, 0.25) is 0 Å². The Balaban J connectivity index is 2.01. The fourth-order valence-electron chi connectivity index (χ4n) is 4.53. The summed E-state index contributed by atoms with van der Waals surface area (Å²) in [5, 5.41) is 19.4. The molecule has 0 saturated heterocycles. The molecule has 1 aliphatic heterocycles. The number of aromatic nitrogens is 2. The predicted molar refractivity (Wildman–Crippen MR) is 124 cm³/mol. The van der Waals surface area contributed by atoms with E-state index in [1.54, 1.807) is 0 Å². The topological polar surface area (TPSA) is 112 Å². The molecular formula is C24H19N5O2S. The molecule has 1 aromatic heterocycles. The molecule has 0 atom stereocenters. The van der Waals surface area contributed by atoms with E-state index in [9.17, 15) is 15.2 Å². The number of fused-ring (bicyclic) bond motifs is 5. The highest BCUT2D eigenvalue weighted by Crippen LogP contribution is 2.51. The largest absolute Gasteiger partial charge is 0.477 e. The molecule has 0 bridgehead atoms. The molecule has 0 fully saturated rings. The summed E-state index contributed by atoms with van der Waals surface area (Å²) < 4.78 is 9.15. The van der Waals surface area contributed by atoms with Crippen LogP contribution in [0.2, 0.25) is 0 Å². The van der Waals surface area contributed by atoms with Gasteiger partial charge in [-0.1, -0.05) is 52.0 Å². The van der Waals surface area contributed by atoms with Gasteiger partial charge in [0.05, 0.1) is 33.8 Å². The van der Waals surface area contributed by atoms with Gasteiger partial charge in [-0.15, -0.1) is 0 Å². The zero-order chi connectivity index (χ0) is 22.7. The molecule has 0 unspecified atom stereocenters. The smallest absolute Gasteiger partial charge is 0.347 e. The van der Waals surface area contributed by atoms with Crippen LogP contribution in [-0.4, -0.2) is 21.0 Å². The van der Waals surface area contributed by atoms with E-state index in [1.165, 1.54) is 11.4 Å². The van der Waals surface area contributed by atoms with Crippen LogP contribution in [0.15, 0.2) is 38.6 Å². The van der Waals surface area contributed by atoms with Crippen LogP contribution in [0.3, 0.4) is 0 Å². The van der Waals surface area contributed by atoms with Crippen molar-refractivity contribution in [3.05, 3.63) is 52.2 Å². The Kier molecular flexibility index (Phi) is 4.53. The molecule has 32 heavy (non-hydrogen) atoms. The first-order chi connectivity index (χ1) is 15.3. The fraction of sp³-hybridized carbons (Fsp3) is 0.250. The van der Waals surface area contributed by atoms with Crippen LogP contribution in [0.5, 0.6) is 0 Å². The maximum atomic E-state index is 11.9. The highest BCUT2D eigenvalue weighted by molar-refractivity contribution is 7.58. The summed E-state index contributed by atoms with van der Waals surface area (Å²) in [6.45, 7) is 8.33. The summed E-state index contributed by atoms with van der Waals surface area (Å²) in [7, 11) is 0. The highest BCUT2D eigenvalue weighted by Gasteiger charge is 2.34. The van der Waals surface area contributed by atoms with Crippen molar-refractivity contribution in [3.8, 4) is 17.3 Å². The minimum absolute atomic E-state index is 0.101. The third kappa shape index (κ3) is 2.68. The normalized spacial score (nSPS) is 14.9. The number of carboxylic acid groups (broad SMARTS) is 1. The van der Waals surface area contributed by atoms with Crippen molar-refractivity contribution >= 4 is 45.3 Å². The molecule has 1 aliphatic carbocycles. The van der Waals surface area contributed by atoms with Crippen LogP contribution in [-0.2, 0) is 16.1 Å². The van der Waals surface area contributed by atoms with Crippen LogP contribution in [0.4, 0.5) is 11.4 Å². The first kappa shape index (κ1) is 20.2. The quantitative estimate of drug-likeness (QED) is 0.273. The van der Waals surface area contributed by atoms with Gasteiger partial charge in [0, 0.05) is 22.3 Å². The first-order valence-corrected chi connectivity index (χ1v) is 11.1. The minimum atomic E-state index is -1.28. The third-order valence-electron chi connectivity index (χ3n) is 5.82. The van der Waals surface area contributed by atoms with Crippen molar-refractivity contribution in [3.63, 3.8) is 0 Å². The molecule has 2 aliphatic rings. The Hall–Kier alpha value is -3.70. The predicted octanol–water partition coefficient (Wildman–Crippen LogP) is 5.99. The molecule has 0 spiro atoms. The zero-order valence-corrected chi connectivity index (χ0v) is 18.8.